The summed E-state index contributed by atoms with van der Waals surface area (Å²) in [6, 6.07) is 7.03. The summed E-state index contributed by atoms with van der Waals surface area (Å²) in [5.41, 5.74) is 0.562. The topological polar surface area (TPSA) is 54.9 Å². The quantitative estimate of drug-likeness (QED) is 0.428. The highest BCUT2D eigenvalue weighted by Crippen LogP contribution is 2.40. The fourth-order valence-electron chi connectivity index (χ4n) is 2.84. The third kappa shape index (κ3) is 4.94. The fourth-order valence-corrected chi connectivity index (χ4v) is 4.20. The average Bonchev–Trinajstić information content (AvgIpc) is 2.70. The molecule has 0 spiro atoms. The molecule has 0 aliphatic rings. The van der Waals surface area contributed by atoms with E-state index in [-0.39, 0.29) is 16.4 Å². The summed E-state index contributed by atoms with van der Waals surface area (Å²) >= 11 is 12.1. The van der Waals surface area contributed by atoms with Crippen LogP contribution in [0, 0.1) is 0 Å². The van der Waals surface area contributed by atoms with Gasteiger partial charge in [-0.1, -0.05) is 42.3 Å². The van der Waals surface area contributed by atoms with Gasteiger partial charge in [0.15, 0.2) is 0 Å². The Hall–Kier alpha value is -1.74. The van der Waals surface area contributed by atoms with Crippen molar-refractivity contribution in [1.29, 1.82) is 0 Å². The Morgan fingerprint density at radius 2 is 1.93 bits per heavy atom. The average molecular weight is 476 g/mol. The van der Waals surface area contributed by atoms with Crippen LogP contribution in [-0.2, 0) is 11.0 Å². The lowest BCUT2D eigenvalue weighted by Crippen LogP contribution is -2.38. The Morgan fingerprint density at radius 3 is 2.53 bits per heavy atom. The van der Waals surface area contributed by atoms with Crippen LogP contribution < -0.4 is 4.72 Å². The third-order valence-electron chi connectivity index (χ3n) is 4.64. The van der Waals surface area contributed by atoms with E-state index in [1.54, 1.807) is 32.0 Å². The normalized spacial score (nSPS) is 15.2. The molecule has 3 aromatic rings. The molecule has 2 heterocycles. The molecule has 30 heavy (non-hydrogen) atoms. The number of nitrogens with one attached hydrogen (secondary N) is 1. The molecular weight excluding hydrogens is 458 g/mol. The van der Waals surface area contributed by atoms with Crippen LogP contribution in [0.3, 0.4) is 0 Å². The minimum atomic E-state index is -4.72. The molecule has 0 saturated carbocycles. The number of alkyl halides is 3. The van der Waals surface area contributed by atoms with Gasteiger partial charge in [-0.25, -0.2) is 18.9 Å². The predicted octanol–water partition coefficient (Wildman–Crippen LogP) is 6.26. The third-order valence-corrected chi connectivity index (χ3v) is 6.70. The molecule has 1 unspecified atom stereocenters. The Bertz CT molecular complexity index is 1080. The first-order valence-corrected chi connectivity index (χ1v) is 11.0. The first kappa shape index (κ1) is 22.9. The van der Waals surface area contributed by atoms with E-state index in [2.05, 4.69) is 14.7 Å². The number of rotatable bonds is 6. The fraction of sp³-hybridized carbons (Fsp3) is 0.300. The highest BCUT2D eigenvalue weighted by molar-refractivity contribution is 7.83. The van der Waals surface area contributed by atoms with Crippen molar-refractivity contribution < 1.29 is 17.4 Å². The Balaban J connectivity index is 2.25. The molecule has 1 N–H and O–H groups in total. The number of benzene rings is 1. The van der Waals surface area contributed by atoms with Crippen molar-refractivity contribution >= 4 is 45.1 Å². The lowest BCUT2D eigenvalue weighted by Gasteiger charge is -2.25. The first-order valence-electron chi connectivity index (χ1n) is 9.06. The van der Waals surface area contributed by atoms with Gasteiger partial charge in [0.1, 0.15) is 11.2 Å². The Kier molecular flexibility index (Phi) is 7.02. The standard InChI is InChI=1S/C20H18Cl2F3N3OS/c1-3-11(2)30(29)28-19(20(23,24)25)14-9-12-5-4-6-15(21)18(12)27-17(14)13-7-8-16(22)26-10-13/h4-11,19,28H,3H2,1-2H3/t11-,19+,30?/m0/s1. The summed E-state index contributed by atoms with van der Waals surface area (Å²) in [5, 5.41) is 0.483. The van der Waals surface area contributed by atoms with Crippen molar-refractivity contribution in [2.45, 2.75) is 37.7 Å². The van der Waals surface area contributed by atoms with Gasteiger partial charge in [0, 0.05) is 28.0 Å². The highest BCUT2D eigenvalue weighted by atomic mass is 35.5. The number of nitrogens with zero attached hydrogens (tertiary/aromatic N) is 2. The summed E-state index contributed by atoms with van der Waals surface area (Å²) in [6.07, 6.45) is -2.91. The van der Waals surface area contributed by atoms with Crippen LogP contribution in [0.15, 0.2) is 42.6 Å². The van der Waals surface area contributed by atoms with Gasteiger partial charge in [-0.15, -0.1) is 0 Å². The molecule has 0 aliphatic heterocycles. The number of hydrogen-bond donors (Lipinski definition) is 1. The SMILES string of the molecule is CC[C@H](C)S(=O)N[C@H](c1cc2cccc(Cl)c2nc1-c1ccc(Cl)nc1)C(F)(F)F. The van der Waals surface area contributed by atoms with E-state index >= 15 is 0 Å². The van der Waals surface area contributed by atoms with Gasteiger partial charge in [0.2, 0.25) is 0 Å². The zero-order valence-corrected chi connectivity index (χ0v) is 18.3. The van der Waals surface area contributed by atoms with E-state index in [9.17, 15) is 17.4 Å². The molecule has 0 aliphatic carbocycles. The summed E-state index contributed by atoms with van der Waals surface area (Å²) in [7, 11) is -1.91. The molecule has 10 heteroatoms. The summed E-state index contributed by atoms with van der Waals surface area (Å²) in [5.74, 6) is 0. The van der Waals surface area contributed by atoms with Crippen LogP contribution in [0.5, 0.6) is 0 Å². The number of halogens is 5. The van der Waals surface area contributed by atoms with E-state index in [1.807, 2.05) is 0 Å². The molecule has 160 valence electrons. The zero-order chi connectivity index (χ0) is 22.1. The lowest BCUT2D eigenvalue weighted by atomic mass is 9.98. The smallest absolute Gasteiger partial charge is 0.246 e. The van der Waals surface area contributed by atoms with Gasteiger partial charge in [-0.3, -0.25) is 0 Å². The van der Waals surface area contributed by atoms with Gasteiger partial charge in [-0.05, 0) is 37.6 Å². The lowest BCUT2D eigenvalue weighted by molar-refractivity contribution is -0.152. The van der Waals surface area contributed by atoms with E-state index in [4.69, 9.17) is 23.2 Å². The molecule has 0 fully saturated rings. The Morgan fingerprint density at radius 1 is 1.20 bits per heavy atom. The van der Waals surface area contributed by atoms with E-state index in [0.717, 1.165) is 0 Å². The van der Waals surface area contributed by atoms with Gasteiger partial charge < -0.3 is 0 Å². The van der Waals surface area contributed by atoms with Gasteiger partial charge in [0.05, 0.1) is 27.2 Å². The van der Waals surface area contributed by atoms with E-state index < -0.39 is 28.5 Å². The molecule has 3 rings (SSSR count). The zero-order valence-electron chi connectivity index (χ0n) is 16.0. The predicted molar refractivity (Wildman–Crippen MR) is 115 cm³/mol. The number of hydrogen-bond acceptors (Lipinski definition) is 3. The minimum absolute atomic E-state index is 0.0377. The number of fused-ring (bicyclic) bond motifs is 1. The molecule has 0 radical (unpaired) electrons. The Labute approximate surface area is 184 Å². The summed E-state index contributed by atoms with van der Waals surface area (Å²) < 4.78 is 57.0. The van der Waals surface area contributed by atoms with Crippen LogP contribution in [0.1, 0.15) is 31.9 Å². The van der Waals surface area contributed by atoms with Gasteiger partial charge >= 0.3 is 6.18 Å². The van der Waals surface area contributed by atoms with Crippen molar-refractivity contribution in [3.8, 4) is 11.3 Å². The molecule has 4 nitrogen and oxygen atoms in total. The molecule has 1 aromatic carbocycles. The largest absolute Gasteiger partial charge is 0.408 e. The maximum absolute atomic E-state index is 14.1. The number of pyridine rings is 2. The van der Waals surface area contributed by atoms with Crippen molar-refractivity contribution in [1.82, 2.24) is 14.7 Å². The highest BCUT2D eigenvalue weighted by Gasteiger charge is 2.44. The first-order chi connectivity index (χ1) is 14.1. The molecule has 3 atom stereocenters. The van der Waals surface area contributed by atoms with Crippen LogP contribution in [0.4, 0.5) is 13.2 Å². The molecular formula is C20H18Cl2F3N3OS. The second kappa shape index (κ2) is 9.18. The summed E-state index contributed by atoms with van der Waals surface area (Å²) in [6.45, 7) is 3.39. The maximum Gasteiger partial charge on any atom is 0.408 e. The second-order valence-corrected chi connectivity index (χ2v) is 9.15. The van der Waals surface area contributed by atoms with Crippen molar-refractivity contribution in [3.63, 3.8) is 0 Å². The number of para-hydroxylation sites is 1. The molecule has 0 amide bonds. The van der Waals surface area contributed by atoms with E-state index in [1.165, 1.54) is 24.4 Å². The maximum atomic E-state index is 14.1. The van der Waals surface area contributed by atoms with Crippen molar-refractivity contribution in [3.05, 3.63) is 58.3 Å². The van der Waals surface area contributed by atoms with Gasteiger partial charge in [0.25, 0.3) is 0 Å². The van der Waals surface area contributed by atoms with E-state index in [0.29, 0.717) is 27.9 Å². The molecule has 2 aromatic heterocycles. The minimum Gasteiger partial charge on any atom is -0.246 e. The molecule has 0 bridgehead atoms. The second-order valence-electron chi connectivity index (χ2n) is 6.72. The monoisotopic (exact) mass is 475 g/mol. The van der Waals surface area contributed by atoms with Crippen molar-refractivity contribution in [2.24, 2.45) is 0 Å². The van der Waals surface area contributed by atoms with Crippen LogP contribution in [-0.4, -0.2) is 25.6 Å². The number of aromatic nitrogens is 2. The molecule has 0 saturated heterocycles. The van der Waals surface area contributed by atoms with Gasteiger partial charge in [-0.2, -0.15) is 13.2 Å². The summed E-state index contributed by atoms with van der Waals surface area (Å²) in [4.78, 5) is 8.38. The van der Waals surface area contributed by atoms with Crippen LogP contribution in [0.25, 0.3) is 22.2 Å². The van der Waals surface area contributed by atoms with Crippen molar-refractivity contribution in [2.75, 3.05) is 0 Å². The van der Waals surface area contributed by atoms with Crippen LogP contribution in [0.2, 0.25) is 10.2 Å². The van der Waals surface area contributed by atoms with Crippen LogP contribution >= 0.6 is 23.2 Å².